The topological polar surface area (TPSA) is 171 Å². The Kier molecular flexibility index (Phi) is 8.65. The van der Waals surface area contributed by atoms with Crippen molar-refractivity contribution in [2.75, 3.05) is 21.3 Å². The van der Waals surface area contributed by atoms with Crippen molar-refractivity contribution in [3.8, 4) is 50.8 Å². The number of rotatable bonds is 9. The van der Waals surface area contributed by atoms with Crippen LogP contribution in [-0.2, 0) is 14.2 Å². The summed E-state index contributed by atoms with van der Waals surface area (Å²) < 4.78 is 19.6. The van der Waals surface area contributed by atoms with Crippen molar-refractivity contribution in [1.82, 2.24) is 45.0 Å². The number of hydrogen-bond donors (Lipinski definition) is 0. The second kappa shape index (κ2) is 13.7. The summed E-state index contributed by atoms with van der Waals surface area (Å²) in [5, 5.41) is 26.0. The summed E-state index contributed by atoms with van der Waals surface area (Å²) in [5.41, 5.74) is 2.08. The average Bonchev–Trinajstić information content (AvgIpc) is 3.99. The fourth-order valence-electron chi connectivity index (χ4n) is 5.63. The van der Waals surface area contributed by atoms with Gasteiger partial charge in [0.25, 0.3) is 0 Å². The molecule has 0 N–H and O–H groups in total. The van der Waals surface area contributed by atoms with Crippen LogP contribution < -0.4 is 0 Å². The second-order valence-corrected chi connectivity index (χ2v) is 10.9. The van der Waals surface area contributed by atoms with E-state index in [-0.39, 0.29) is 33.8 Å². The fourth-order valence-corrected chi connectivity index (χ4v) is 5.63. The molecule has 0 aliphatic rings. The molecule has 15 nitrogen and oxygen atoms in total. The van der Waals surface area contributed by atoms with Gasteiger partial charge in [0.05, 0.1) is 57.0 Å². The van der Waals surface area contributed by atoms with Gasteiger partial charge >= 0.3 is 17.9 Å². The predicted molar refractivity (Wildman–Crippen MR) is 182 cm³/mol. The summed E-state index contributed by atoms with van der Waals surface area (Å²) >= 11 is 0. The monoisotopic (exact) mass is 681 g/mol. The maximum absolute atomic E-state index is 14.0. The van der Waals surface area contributed by atoms with E-state index in [0.717, 1.165) is 21.3 Å². The minimum absolute atomic E-state index is 0.144. The number of nitrogens with zero attached hydrogens (tertiary/aromatic N) is 9. The molecule has 0 atom stereocenters. The summed E-state index contributed by atoms with van der Waals surface area (Å²) in [7, 11) is 3.49. The van der Waals surface area contributed by atoms with Crippen molar-refractivity contribution in [3.05, 3.63) is 126 Å². The van der Waals surface area contributed by atoms with Crippen molar-refractivity contribution in [2.45, 2.75) is 0 Å². The van der Waals surface area contributed by atoms with Gasteiger partial charge in [-0.05, 0) is 0 Å². The number of ether oxygens (including phenoxy) is 3. The second-order valence-electron chi connectivity index (χ2n) is 10.9. The van der Waals surface area contributed by atoms with E-state index >= 15 is 0 Å². The minimum atomic E-state index is -0.945. The Labute approximate surface area is 289 Å². The van der Waals surface area contributed by atoms with E-state index in [2.05, 4.69) is 30.9 Å². The Bertz CT molecular complexity index is 2100. The summed E-state index contributed by atoms with van der Waals surface area (Å²) in [6, 6.07) is 27.5. The number of aromatic nitrogens is 9. The van der Waals surface area contributed by atoms with Gasteiger partial charge in [-0.3, -0.25) is 0 Å². The van der Waals surface area contributed by atoms with Crippen LogP contribution in [0, 0.1) is 0 Å². The standard InChI is InChI=1S/C36H27N9O6/c1-49-34(46)28-31(43-19-25(37-40-43)22-13-7-4-8-14-22)29(35(47)50-2)33(45-21-27(39-42-45)24-17-11-6-12-18-24)30(36(48)51-3)32(28)44-20-26(38-41-44)23-15-9-5-10-16-23/h4-21H,1-3H3. The molecule has 0 saturated heterocycles. The van der Waals surface area contributed by atoms with E-state index in [9.17, 15) is 14.4 Å². The first-order chi connectivity index (χ1) is 24.9. The molecule has 252 valence electrons. The normalized spacial score (nSPS) is 10.9. The number of carbonyl (C=O) groups is 3. The lowest BCUT2D eigenvalue weighted by Crippen LogP contribution is -2.26. The zero-order valence-electron chi connectivity index (χ0n) is 27.4. The van der Waals surface area contributed by atoms with E-state index in [0.29, 0.717) is 33.8 Å². The lowest BCUT2D eigenvalue weighted by atomic mass is 9.95. The molecular formula is C36H27N9O6. The van der Waals surface area contributed by atoms with Gasteiger partial charge in [0, 0.05) is 16.7 Å². The van der Waals surface area contributed by atoms with Crippen molar-refractivity contribution in [2.24, 2.45) is 0 Å². The van der Waals surface area contributed by atoms with Crippen LogP contribution in [0.4, 0.5) is 0 Å². The first-order valence-electron chi connectivity index (χ1n) is 15.4. The van der Waals surface area contributed by atoms with Crippen LogP contribution in [0.1, 0.15) is 31.1 Å². The van der Waals surface area contributed by atoms with Gasteiger partial charge in [-0.1, -0.05) is 107 Å². The molecule has 3 aromatic heterocycles. The molecule has 4 aromatic carbocycles. The number of methoxy groups -OCH3 is 3. The van der Waals surface area contributed by atoms with E-state index in [1.54, 1.807) is 0 Å². The molecule has 0 aliphatic heterocycles. The highest BCUT2D eigenvalue weighted by molar-refractivity contribution is 6.13. The summed E-state index contributed by atoms with van der Waals surface area (Å²) in [6.07, 6.45) is 4.59. The van der Waals surface area contributed by atoms with Gasteiger partial charge < -0.3 is 14.2 Å². The van der Waals surface area contributed by atoms with Gasteiger partial charge in [0.2, 0.25) is 0 Å². The SMILES string of the molecule is COC(=O)c1c(-n2cc(-c3ccccc3)nn2)c(C(=O)OC)c(-n2cc(-c3ccccc3)nn2)c(C(=O)OC)c1-n1cc(-c2ccccc2)nn1. The summed E-state index contributed by atoms with van der Waals surface area (Å²) in [6.45, 7) is 0. The molecule has 0 bridgehead atoms. The number of carbonyl (C=O) groups excluding carboxylic acids is 3. The van der Waals surface area contributed by atoms with Crippen LogP contribution in [0.3, 0.4) is 0 Å². The maximum atomic E-state index is 14.0. The van der Waals surface area contributed by atoms with Crippen LogP contribution in [0.15, 0.2) is 110 Å². The smallest absolute Gasteiger partial charge is 0.342 e. The Balaban J connectivity index is 1.63. The maximum Gasteiger partial charge on any atom is 0.342 e. The fraction of sp³-hybridized carbons (Fsp3) is 0.0833. The lowest BCUT2D eigenvalue weighted by Gasteiger charge is -2.22. The molecule has 0 radical (unpaired) electrons. The quantitative estimate of drug-likeness (QED) is 0.151. The third-order valence-electron chi connectivity index (χ3n) is 7.97. The molecular weight excluding hydrogens is 654 g/mol. The van der Waals surface area contributed by atoms with Crippen molar-refractivity contribution in [1.29, 1.82) is 0 Å². The molecule has 7 aromatic rings. The highest BCUT2D eigenvalue weighted by atomic mass is 16.5. The molecule has 15 heteroatoms. The average molecular weight is 682 g/mol. The molecule has 7 rings (SSSR count). The number of benzene rings is 4. The predicted octanol–water partition coefficient (Wildman–Crippen LogP) is 4.79. The largest absolute Gasteiger partial charge is 0.465 e. The molecule has 0 aliphatic carbocycles. The Morgan fingerprint density at radius 1 is 0.431 bits per heavy atom. The molecule has 0 amide bonds. The van der Waals surface area contributed by atoms with E-state index in [1.807, 2.05) is 91.0 Å². The van der Waals surface area contributed by atoms with Crippen LogP contribution in [0.2, 0.25) is 0 Å². The minimum Gasteiger partial charge on any atom is -0.465 e. The van der Waals surface area contributed by atoms with Crippen LogP contribution in [0.25, 0.3) is 50.8 Å². The summed E-state index contributed by atoms with van der Waals surface area (Å²) in [4.78, 5) is 42.1. The molecule has 0 saturated carbocycles. The third kappa shape index (κ3) is 5.88. The molecule has 0 fully saturated rings. The number of hydrogen-bond acceptors (Lipinski definition) is 12. The number of esters is 3. The van der Waals surface area contributed by atoms with Gasteiger partial charge in [0.1, 0.15) is 33.8 Å². The molecule has 0 spiro atoms. The van der Waals surface area contributed by atoms with Gasteiger partial charge in [-0.15, -0.1) is 15.3 Å². The highest BCUT2D eigenvalue weighted by Crippen LogP contribution is 2.38. The van der Waals surface area contributed by atoms with Crippen LogP contribution in [-0.4, -0.2) is 84.2 Å². The van der Waals surface area contributed by atoms with Crippen LogP contribution >= 0.6 is 0 Å². The lowest BCUT2D eigenvalue weighted by molar-refractivity contribution is 0.0597. The van der Waals surface area contributed by atoms with Gasteiger partial charge in [-0.25, -0.2) is 28.4 Å². The third-order valence-corrected chi connectivity index (χ3v) is 7.97. The first kappa shape index (κ1) is 32.3. The molecule has 3 heterocycles. The Morgan fingerprint density at radius 3 is 0.922 bits per heavy atom. The zero-order valence-corrected chi connectivity index (χ0v) is 27.4. The van der Waals surface area contributed by atoms with Crippen molar-refractivity contribution >= 4 is 17.9 Å². The first-order valence-corrected chi connectivity index (χ1v) is 15.4. The van der Waals surface area contributed by atoms with Gasteiger partial charge in [-0.2, -0.15) is 0 Å². The van der Waals surface area contributed by atoms with Crippen LogP contribution in [0.5, 0.6) is 0 Å². The highest BCUT2D eigenvalue weighted by Gasteiger charge is 2.39. The zero-order chi connectivity index (χ0) is 35.5. The Morgan fingerprint density at radius 2 is 0.686 bits per heavy atom. The molecule has 0 unspecified atom stereocenters. The van der Waals surface area contributed by atoms with E-state index < -0.39 is 17.9 Å². The van der Waals surface area contributed by atoms with Crippen molar-refractivity contribution in [3.63, 3.8) is 0 Å². The van der Waals surface area contributed by atoms with Crippen molar-refractivity contribution < 1.29 is 28.6 Å². The van der Waals surface area contributed by atoms with Gasteiger partial charge in [0.15, 0.2) is 0 Å². The Hall–Kier alpha value is -7.29. The van der Waals surface area contributed by atoms with E-state index in [4.69, 9.17) is 14.2 Å². The summed E-state index contributed by atoms with van der Waals surface area (Å²) in [5.74, 6) is -2.84. The molecule has 51 heavy (non-hydrogen) atoms. The van der Waals surface area contributed by atoms with E-state index in [1.165, 1.54) is 32.6 Å².